The van der Waals surface area contributed by atoms with Crippen LogP contribution in [0.5, 0.6) is 11.5 Å². The van der Waals surface area contributed by atoms with E-state index in [1.54, 1.807) is 33.2 Å². The molecule has 1 aliphatic heterocycles. The van der Waals surface area contributed by atoms with Gasteiger partial charge in [0.15, 0.2) is 5.96 Å². The van der Waals surface area contributed by atoms with E-state index in [2.05, 4.69) is 32.7 Å². The van der Waals surface area contributed by atoms with Gasteiger partial charge in [0.1, 0.15) is 11.5 Å². The molecule has 1 aliphatic rings. The van der Waals surface area contributed by atoms with Crippen LogP contribution in [0.1, 0.15) is 25.3 Å². The number of hydrogen-bond acceptors (Lipinski definition) is 5. The van der Waals surface area contributed by atoms with E-state index in [-0.39, 0.29) is 5.91 Å². The van der Waals surface area contributed by atoms with Crippen LogP contribution in [0.25, 0.3) is 0 Å². The van der Waals surface area contributed by atoms with Crippen molar-refractivity contribution in [3.63, 3.8) is 0 Å². The molecule has 1 saturated heterocycles. The van der Waals surface area contributed by atoms with Gasteiger partial charge in [-0.15, -0.1) is 0 Å². The minimum absolute atomic E-state index is 0.0883. The van der Waals surface area contributed by atoms with Gasteiger partial charge in [-0.1, -0.05) is 0 Å². The molecule has 2 rings (SSSR count). The van der Waals surface area contributed by atoms with Crippen molar-refractivity contribution in [3.05, 3.63) is 23.8 Å². The lowest BCUT2D eigenvalue weighted by Gasteiger charge is -2.19. The zero-order valence-electron chi connectivity index (χ0n) is 18.3. The monoisotopic (exact) mass is 405 g/mol. The van der Waals surface area contributed by atoms with Crippen LogP contribution in [-0.2, 0) is 11.3 Å². The highest BCUT2D eigenvalue weighted by Gasteiger charge is 2.23. The van der Waals surface area contributed by atoms with Gasteiger partial charge in [0.25, 0.3) is 0 Å². The van der Waals surface area contributed by atoms with Crippen molar-refractivity contribution >= 4 is 11.9 Å². The smallest absolute Gasteiger partial charge is 0.223 e. The predicted molar refractivity (Wildman–Crippen MR) is 116 cm³/mol. The van der Waals surface area contributed by atoms with Gasteiger partial charge in [-0.2, -0.15) is 0 Å². The first-order valence-corrected chi connectivity index (χ1v) is 10.1. The zero-order chi connectivity index (χ0) is 21.2. The van der Waals surface area contributed by atoms with Crippen LogP contribution < -0.4 is 20.1 Å². The minimum atomic E-state index is 0.0883. The molecule has 1 heterocycles. The maximum absolute atomic E-state index is 11.7. The fraction of sp³-hybridized carbons (Fsp3) is 0.619. The number of benzene rings is 1. The van der Waals surface area contributed by atoms with Crippen molar-refractivity contribution in [1.29, 1.82) is 0 Å². The number of carbonyl (C=O) groups excluding carboxylic acids is 1. The summed E-state index contributed by atoms with van der Waals surface area (Å²) in [5, 5.41) is 6.77. The SMILES string of the molecule is CCNC(=NCCC(=O)N(C)C)NC1CCN(Cc2cc(OC)cc(OC)c2)C1. The Kier molecular flexibility index (Phi) is 9.05. The van der Waals surface area contributed by atoms with Crippen molar-refractivity contribution in [2.75, 3.05) is 54.5 Å². The highest BCUT2D eigenvalue weighted by molar-refractivity contribution is 5.81. The molecule has 1 amide bonds. The van der Waals surface area contributed by atoms with E-state index in [1.807, 2.05) is 13.0 Å². The molecular formula is C21H35N5O3. The van der Waals surface area contributed by atoms with Gasteiger partial charge in [-0.3, -0.25) is 14.7 Å². The molecule has 29 heavy (non-hydrogen) atoms. The second-order valence-corrected chi connectivity index (χ2v) is 7.38. The Morgan fingerprint density at radius 2 is 1.93 bits per heavy atom. The molecule has 8 nitrogen and oxygen atoms in total. The molecule has 0 radical (unpaired) electrons. The maximum atomic E-state index is 11.7. The maximum Gasteiger partial charge on any atom is 0.223 e. The van der Waals surface area contributed by atoms with Crippen LogP contribution in [0.15, 0.2) is 23.2 Å². The second kappa shape index (κ2) is 11.5. The van der Waals surface area contributed by atoms with Crippen LogP contribution in [0, 0.1) is 0 Å². The van der Waals surface area contributed by atoms with Gasteiger partial charge in [0.05, 0.1) is 20.8 Å². The van der Waals surface area contributed by atoms with E-state index in [1.165, 1.54) is 5.56 Å². The van der Waals surface area contributed by atoms with Gasteiger partial charge in [0, 0.05) is 58.8 Å². The summed E-state index contributed by atoms with van der Waals surface area (Å²) in [5.41, 5.74) is 1.17. The molecule has 2 N–H and O–H groups in total. The summed E-state index contributed by atoms with van der Waals surface area (Å²) >= 11 is 0. The van der Waals surface area contributed by atoms with Crippen LogP contribution in [0.2, 0.25) is 0 Å². The topological polar surface area (TPSA) is 78.4 Å². The molecule has 1 aromatic carbocycles. The molecule has 0 bridgehead atoms. The lowest BCUT2D eigenvalue weighted by atomic mass is 10.2. The van der Waals surface area contributed by atoms with Crippen LogP contribution >= 0.6 is 0 Å². The first-order chi connectivity index (χ1) is 13.9. The third-order valence-electron chi connectivity index (χ3n) is 4.87. The normalized spacial score (nSPS) is 17.1. The number of rotatable bonds is 9. The Morgan fingerprint density at radius 3 is 2.52 bits per heavy atom. The Balaban J connectivity index is 1.89. The third-order valence-corrected chi connectivity index (χ3v) is 4.87. The number of likely N-dealkylation sites (tertiary alicyclic amines) is 1. The summed E-state index contributed by atoms with van der Waals surface area (Å²) in [5.74, 6) is 2.48. The van der Waals surface area contributed by atoms with E-state index in [4.69, 9.17) is 9.47 Å². The summed E-state index contributed by atoms with van der Waals surface area (Å²) in [6.07, 6.45) is 1.46. The minimum Gasteiger partial charge on any atom is -0.497 e. The highest BCUT2D eigenvalue weighted by Crippen LogP contribution is 2.24. The van der Waals surface area contributed by atoms with Crippen LogP contribution in [0.4, 0.5) is 0 Å². The van der Waals surface area contributed by atoms with Gasteiger partial charge < -0.3 is 25.0 Å². The van der Waals surface area contributed by atoms with Crippen LogP contribution in [-0.4, -0.2) is 82.2 Å². The van der Waals surface area contributed by atoms with Gasteiger partial charge in [0.2, 0.25) is 5.91 Å². The molecule has 1 unspecified atom stereocenters. The van der Waals surface area contributed by atoms with Crippen molar-refractivity contribution in [2.24, 2.45) is 4.99 Å². The van der Waals surface area contributed by atoms with E-state index >= 15 is 0 Å². The Bertz CT molecular complexity index is 671. The summed E-state index contributed by atoms with van der Waals surface area (Å²) < 4.78 is 10.7. The lowest BCUT2D eigenvalue weighted by molar-refractivity contribution is -0.128. The Labute approximate surface area is 174 Å². The number of nitrogens with one attached hydrogen (secondary N) is 2. The molecule has 1 aromatic rings. The molecule has 1 atom stereocenters. The van der Waals surface area contributed by atoms with E-state index < -0.39 is 0 Å². The highest BCUT2D eigenvalue weighted by atomic mass is 16.5. The number of methoxy groups -OCH3 is 2. The molecule has 0 aromatic heterocycles. The predicted octanol–water partition coefficient (Wildman–Crippen LogP) is 1.31. The van der Waals surface area contributed by atoms with Crippen molar-refractivity contribution in [1.82, 2.24) is 20.4 Å². The number of aliphatic imine (C=N–C) groups is 1. The summed E-state index contributed by atoms with van der Waals surface area (Å²) in [6, 6.07) is 6.32. The molecular weight excluding hydrogens is 370 g/mol. The largest absolute Gasteiger partial charge is 0.497 e. The Morgan fingerprint density at radius 1 is 1.24 bits per heavy atom. The summed E-state index contributed by atoms with van der Waals surface area (Å²) in [4.78, 5) is 20.3. The van der Waals surface area contributed by atoms with Crippen molar-refractivity contribution in [3.8, 4) is 11.5 Å². The number of amides is 1. The zero-order valence-corrected chi connectivity index (χ0v) is 18.3. The molecule has 8 heteroatoms. The molecule has 0 saturated carbocycles. The quantitative estimate of drug-likeness (QED) is 0.477. The van der Waals surface area contributed by atoms with Crippen LogP contribution in [0.3, 0.4) is 0 Å². The van der Waals surface area contributed by atoms with Gasteiger partial charge in [-0.25, -0.2) is 0 Å². The third kappa shape index (κ3) is 7.45. The van der Waals surface area contributed by atoms with E-state index in [0.29, 0.717) is 19.0 Å². The lowest BCUT2D eigenvalue weighted by Crippen LogP contribution is -2.44. The fourth-order valence-electron chi connectivity index (χ4n) is 3.31. The first-order valence-electron chi connectivity index (χ1n) is 10.1. The molecule has 162 valence electrons. The van der Waals surface area contributed by atoms with Crippen molar-refractivity contribution in [2.45, 2.75) is 32.4 Å². The average molecular weight is 406 g/mol. The second-order valence-electron chi connectivity index (χ2n) is 7.38. The molecule has 1 fully saturated rings. The first kappa shape index (κ1) is 22.8. The van der Waals surface area contributed by atoms with Gasteiger partial charge in [-0.05, 0) is 31.0 Å². The molecule has 0 aliphatic carbocycles. The van der Waals surface area contributed by atoms with E-state index in [0.717, 1.165) is 50.1 Å². The number of guanidine groups is 1. The van der Waals surface area contributed by atoms with Gasteiger partial charge >= 0.3 is 0 Å². The number of nitrogens with zero attached hydrogens (tertiary/aromatic N) is 3. The Hall–Kier alpha value is -2.48. The molecule has 0 spiro atoms. The summed E-state index contributed by atoms with van der Waals surface area (Å²) in [7, 11) is 6.87. The number of ether oxygens (including phenoxy) is 2. The summed E-state index contributed by atoms with van der Waals surface area (Å²) in [6.45, 7) is 6.09. The fourth-order valence-corrected chi connectivity index (χ4v) is 3.31. The average Bonchev–Trinajstić information content (AvgIpc) is 3.14. The standard InChI is InChI=1S/C21H35N5O3/c1-6-22-21(23-9-7-20(27)25(2)3)24-17-8-10-26(15-17)14-16-11-18(28-4)13-19(12-16)29-5/h11-13,17H,6-10,14-15H2,1-5H3,(H2,22,23,24). The van der Waals surface area contributed by atoms with E-state index in [9.17, 15) is 4.79 Å². The number of carbonyl (C=O) groups is 1. The number of hydrogen-bond donors (Lipinski definition) is 2. The van der Waals surface area contributed by atoms with Crippen molar-refractivity contribution < 1.29 is 14.3 Å².